The molecule has 3 N–H and O–H groups in total. The molecule has 0 bridgehead atoms. The van der Waals surface area contributed by atoms with Gasteiger partial charge in [0.25, 0.3) is 6.01 Å². The minimum Gasteiger partial charge on any atom is -0.432 e. The molecule has 0 amide bonds. The van der Waals surface area contributed by atoms with Crippen LogP contribution in [-0.2, 0) is 16.4 Å². The first-order chi connectivity index (χ1) is 10.5. The molecule has 0 saturated heterocycles. The molecule has 3 rings (SSSR count). The lowest BCUT2D eigenvalue weighted by molar-refractivity contribution is 0.567. The Balaban J connectivity index is 2.02. The predicted octanol–water partition coefficient (Wildman–Crippen LogP) is 2.49. The van der Waals surface area contributed by atoms with Gasteiger partial charge >= 0.3 is 0 Å². The highest BCUT2D eigenvalue weighted by atomic mass is 32.2. The maximum absolute atomic E-state index is 11.9. The summed E-state index contributed by atoms with van der Waals surface area (Å²) in [6, 6.07) is 5.86. The molecule has 0 radical (unpaired) electrons. The Hall–Kier alpha value is -2.02. The molecule has 1 aliphatic carbocycles. The van der Waals surface area contributed by atoms with Crippen molar-refractivity contribution in [3.05, 3.63) is 41.3 Å². The molecule has 0 spiro atoms. The van der Waals surface area contributed by atoms with Gasteiger partial charge < -0.3 is 10.2 Å². The summed E-state index contributed by atoms with van der Waals surface area (Å²) in [4.78, 5) is 4.23. The van der Waals surface area contributed by atoms with Crippen molar-refractivity contribution in [1.29, 1.82) is 0 Å². The molecule has 1 unspecified atom stereocenters. The second-order valence-electron chi connectivity index (χ2n) is 5.43. The molecule has 1 aromatic carbocycles. The van der Waals surface area contributed by atoms with Gasteiger partial charge in [0, 0.05) is 5.92 Å². The molecule has 0 aliphatic heterocycles. The average Bonchev–Trinajstić information content (AvgIpc) is 2.93. The van der Waals surface area contributed by atoms with E-state index in [0.29, 0.717) is 5.69 Å². The third kappa shape index (κ3) is 2.81. The number of oxazole rings is 1. The van der Waals surface area contributed by atoms with Crippen molar-refractivity contribution in [3.8, 4) is 0 Å². The lowest BCUT2D eigenvalue weighted by atomic mass is 9.80. The summed E-state index contributed by atoms with van der Waals surface area (Å²) in [5, 5.41) is 0. The van der Waals surface area contributed by atoms with Crippen molar-refractivity contribution in [2.75, 3.05) is 16.2 Å². The minimum absolute atomic E-state index is 0.0555. The highest BCUT2D eigenvalue weighted by Gasteiger charge is 2.26. The second-order valence-corrected chi connectivity index (χ2v) is 7.45. The highest BCUT2D eigenvalue weighted by Crippen LogP contribution is 2.39. The van der Waals surface area contributed by atoms with Crippen molar-refractivity contribution in [2.45, 2.75) is 32.1 Å². The Labute approximate surface area is 129 Å². The van der Waals surface area contributed by atoms with Gasteiger partial charge in [-0.15, -0.1) is 0 Å². The number of sulfonamides is 1. The van der Waals surface area contributed by atoms with Crippen LogP contribution in [0, 0.1) is 0 Å². The third-order valence-corrected chi connectivity index (χ3v) is 5.34. The smallest absolute Gasteiger partial charge is 0.292 e. The van der Waals surface area contributed by atoms with E-state index in [9.17, 15) is 8.42 Å². The fourth-order valence-electron chi connectivity index (χ4n) is 2.95. The number of hydrogen-bond donors (Lipinski definition) is 2. The van der Waals surface area contributed by atoms with Crippen molar-refractivity contribution in [3.63, 3.8) is 0 Å². The third-order valence-electron chi connectivity index (χ3n) is 4.05. The van der Waals surface area contributed by atoms with E-state index < -0.39 is 10.0 Å². The van der Waals surface area contributed by atoms with Crippen molar-refractivity contribution in [2.24, 2.45) is 0 Å². The molecular formula is C15H19N3O3S. The Morgan fingerprint density at radius 2 is 2.27 bits per heavy atom. The fourth-order valence-corrected chi connectivity index (χ4v) is 3.62. The molecule has 1 heterocycles. The zero-order valence-electron chi connectivity index (χ0n) is 12.4. The van der Waals surface area contributed by atoms with Crippen LogP contribution in [0.3, 0.4) is 0 Å². The molecule has 2 aromatic rings. The highest BCUT2D eigenvalue weighted by molar-refractivity contribution is 7.92. The molecule has 1 aliphatic rings. The van der Waals surface area contributed by atoms with E-state index in [-0.39, 0.29) is 17.7 Å². The number of fused-ring (bicyclic) bond motifs is 1. The van der Waals surface area contributed by atoms with Crippen LogP contribution in [0.1, 0.15) is 42.5 Å². The summed E-state index contributed by atoms with van der Waals surface area (Å²) in [6.45, 7) is 1.62. The summed E-state index contributed by atoms with van der Waals surface area (Å²) < 4.78 is 31.5. The van der Waals surface area contributed by atoms with Crippen molar-refractivity contribution >= 4 is 21.7 Å². The van der Waals surface area contributed by atoms with Gasteiger partial charge in [-0.05, 0) is 43.4 Å². The number of benzene rings is 1. The SMILES string of the molecule is CCS(=O)(=O)Nc1cccc2c1CCCC2c1coc(N)n1. The standard InChI is InChI=1S/C15H19N3O3S/c1-2-22(19,20)18-13-8-4-5-10-11(13)6-3-7-12(10)14-9-21-15(16)17-14/h4-5,8-9,12,18H,2-3,6-7H2,1H3,(H2,16,17). The lowest BCUT2D eigenvalue weighted by Gasteiger charge is -2.26. The summed E-state index contributed by atoms with van der Waals surface area (Å²) in [7, 11) is -3.29. The Bertz CT molecular complexity index is 783. The number of nitrogens with one attached hydrogen (secondary N) is 1. The van der Waals surface area contributed by atoms with E-state index in [2.05, 4.69) is 9.71 Å². The van der Waals surface area contributed by atoms with E-state index >= 15 is 0 Å². The minimum atomic E-state index is -3.29. The fraction of sp³-hybridized carbons (Fsp3) is 0.400. The van der Waals surface area contributed by atoms with Crippen LogP contribution in [0.2, 0.25) is 0 Å². The Morgan fingerprint density at radius 3 is 2.95 bits per heavy atom. The average molecular weight is 321 g/mol. The largest absolute Gasteiger partial charge is 0.432 e. The van der Waals surface area contributed by atoms with Crippen molar-refractivity contribution < 1.29 is 12.8 Å². The van der Waals surface area contributed by atoms with Gasteiger partial charge in [0.2, 0.25) is 10.0 Å². The zero-order chi connectivity index (χ0) is 15.7. The zero-order valence-corrected chi connectivity index (χ0v) is 13.2. The van der Waals surface area contributed by atoms with Crippen molar-refractivity contribution in [1.82, 2.24) is 4.98 Å². The van der Waals surface area contributed by atoms with E-state index in [1.54, 1.807) is 13.2 Å². The topological polar surface area (TPSA) is 98.2 Å². The van der Waals surface area contributed by atoms with Gasteiger partial charge in [0.15, 0.2) is 0 Å². The molecule has 6 nitrogen and oxygen atoms in total. The first-order valence-corrected chi connectivity index (χ1v) is 8.98. The van der Waals surface area contributed by atoms with Gasteiger partial charge in [-0.2, -0.15) is 4.98 Å². The molecule has 7 heteroatoms. The van der Waals surface area contributed by atoms with Crippen LogP contribution in [0.5, 0.6) is 0 Å². The van der Waals surface area contributed by atoms with Gasteiger partial charge in [0.1, 0.15) is 6.26 Å². The van der Waals surface area contributed by atoms with Crippen LogP contribution in [0.15, 0.2) is 28.9 Å². The lowest BCUT2D eigenvalue weighted by Crippen LogP contribution is -2.19. The first kappa shape index (κ1) is 14.9. The normalized spacial score (nSPS) is 18.0. The number of rotatable bonds is 4. The molecule has 118 valence electrons. The quantitative estimate of drug-likeness (QED) is 0.901. The maximum atomic E-state index is 11.9. The van der Waals surface area contributed by atoms with Gasteiger partial charge in [-0.1, -0.05) is 12.1 Å². The number of nitrogens with two attached hydrogens (primary N) is 1. The maximum Gasteiger partial charge on any atom is 0.292 e. The summed E-state index contributed by atoms with van der Waals surface area (Å²) in [6.07, 6.45) is 4.35. The van der Waals surface area contributed by atoms with E-state index in [0.717, 1.165) is 36.1 Å². The van der Waals surface area contributed by atoms with Gasteiger partial charge in [-0.3, -0.25) is 4.72 Å². The van der Waals surface area contributed by atoms with Gasteiger partial charge in [0.05, 0.1) is 17.1 Å². The molecule has 0 saturated carbocycles. The molecule has 22 heavy (non-hydrogen) atoms. The molecular weight excluding hydrogens is 302 g/mol. The Morgan fingerprint density at radius 1 is 1.45 bits per heavy atom. The summed E-state index contributed by atoms with van der Waals surface area (Å²) in [5.74, 6) is 0.149. The predicted molar refractivity (Wildman–Crippen MR) is 85.2 cm³/mol. The van der Waals surface area contributed by atoms with Crippen LogP contribution in [0.25, 0.3) is 0 Å². The number of hydrogen-bond acceptors (Lipinski definition) is 5. The van der Waals surface area contributed by atoms with E-state index in [1.807, 2.05) is 18.2 Å². The second kappa shape index (κ2) is 5.64. The first-order valence-electron chi connectivity index (χ1n) is 7.33. The van der Waals surface area contributed by atoms with Crippen LogP contribution >= 0.6 is 0 Å². The summed E-state index contributed by atoms with van der Waals surface area (Å²) >= 11 is 0. The summed E-state index contributed by atoms with van der Waals surface area (Å²) in [5.41, 5.74) is 9.17. The Kier molecular flexibility index (Phi) is 3.82. The number of anilines is 2. The van der Waals surface area contributed by atoms with Crippen LogP contribution in [-0.4, -0.2) is 19.2 Å². The monoisotopic (exact) mass is 321 g/mol. The van der Waals surface area contributed by atoms with Crippen LogP contribution in [0.4, 0.5) is 11.7 Å². The van der Waals surface area contributed by atoms with E-state index in [4.69, 9.17) is 10.2 Å². The number of aromatic nitrogens is 1. The van der Waals surface area contributed by atoms with Gasteiger partial charge in [-0.25, -0.2) is 8.42 Å². The number of nitrogen functional groups attached to an aromatic ring is 1. The number of nitrogens with zero attached hydrogens (tertiary/aromatic N) is 1. The van der Waals surface area contributed by atoms with E-state index in [1.165, 1.54) is 0 Å². The van der Waals surface area contributed by atoms with Crippen LogP contribution < -0.4 is 10.5 Å². The molecule has 0 fully saturated rings. The molecule has 1 atom stereocenters. The molecule has 1 aromatic heterocycles.